The summed E-state index contributed by atoms with van der Waals surface area (Å²) in [7, 11) is 0. The summed E-state index contributed by atoms with van der Waals surface area (Å²) in [4.78, 5) is 8.23. The number of hydrogen-bond acceptors (Lipinski definition) is 5. The number of nitrogens with two attached hydrogens (primary N) is 1. The van der Waals surface area contributed by atoms with Crippen LogP contribution in [0.1, 0.15) is 26.0 Å². The van der Waals surface area contributed by atoms with E-state index in [0.717, 1.165) is 12.1 Å². The molecule has 0 aliphatic carbocycles. The lowest BCUT2D eigenvalue weighted by atomic mass is 9.85. The van der Waals surface area contributed by atoms with Gasteiger partial charge in [0.1, 0.15) is 6.33 Å². The molecule has 0 bridgehead atoms. The van der Waals surface area contributed by atoms with Crippen molar-refractivity contribution in [3.63, 3.8) is 0 Å². The summed E-state index contributed by atoms with van der Waals surface area (Å²) in [5.41, 5.74) is 7.36. The fraction of sp³-hybridized carbons (Fsp3) is 0.545. The van der Waals surface area contributed by atoms with Gasteiger partial charge in [-0.1, -0.05) is 6.92 Å². The highest BCUT2D eigenvalue weighted by Crippen LogP contribution is 2.35. The molecule has 2 aromatic rings. The van der Waals surface area contributed by atoms with Crippen LogP contribution >= 0.6 is 0 Å². The smallest absolute Gasteiger partial charge is 0.196 e. The van der Waals surface area contributed by atoms with E-state index < -0.39 is 0 Å². The van der Waals surface area contributed by atoms with Crippen molar-refractivity contribution in [3.05, 3.63) is 18.2 Å². The van der Waals surface area contributed by atoms with Crippen LogP contribution in [0.2, 0.25) is 0 Å². The summed E-state index contributed by atoms with van der Waals surface area (Å²) in [6.07, 6.45) is 4.51. The lowest BCUT2D eigenvalue weighted by Crippen LogP contribution is -2.25. The summed E-state index contributed by atoms with van der Waals surface area (Å²) < 4.78 is 7.42. The molecule has 6 nitrogen and oxygen atoms in total. The zero-order valence-corrected chi connectivity index (χ0v) is 9.92. The van der Waals surface area contributed by atoms with Crippen LogP contribution in [0, 0.1) is 0 Å². The molecule has 3 heterocycles. The molecule has 0 aromatic carbocycles. The van der Waals surface area contributed by atoms with Crippen molar-refractivity contribution in [1.29, 1.82) is 0 Å². The number of aromatic nitrogens is 4. The molecule has 2 atom stereocenters. The van der Waals surface area contributed by atoms with Gasteiger partial charge in [0.2, 0.25) is 0 Å². The maximum absolute atomic E-state index is 5.77. The normalized spacial score (nSPS) is 28.9. The first kappa shape index (κ1) is 10.5. The van der Waals surface area contributed by atoms with Gasteiger partial charge < -0.3 is 10.5 Å². The highest BCUT2D eigenvalue weighted by molar-refractivity contribution is 5.59. The van der Waals surface area contributed by atoms with E-state index in [1.54, 1.807) is 4.52 Å². The molecule has 2 N–H and O–H groups in total. The predicted molar refractivity (Wildman–Crippen MR) is 62.6 cm³/mol. The van der Waals surface area contributed by atoms with E-state index in [2.05, 4.69) is 28.9 Å². The first-order valence-corrected chi connectivity index (χ1v) is 5.66. The molecule has 2 unspecified atom stereocenters. The molecule has 0 amide bonds. The quantitative estimate of drug-likeness (QED) is 0.787. The van der Waals surface area contributed by atoms with Crippen molar-refractivity contribution >= 4 is 11.5 Å². The van der Waals surface area contributed by atoms with Gasteiger partial charge in [-0.3, -0.25) is 0 Å². The second-order valence-electron chi connectivity index (χ2n) is 4.91. The average Bonchev–Trinajstić information content (AvgIpc) is 2.84. The molecular formula is C11H15N5O. The van der Waals surface area contributed by atoms with Crippen molar-refractivity contribution < 1.29 is 4.74 Å². The Hall–Kier alpha value is -1.69. The molecule has 0 saturated carbocycles. The summed E-state index contributed by atoms with van der Waals surface area (Å²) in [5.74, 6) is 0.404. The number of nitrogen functional groups attached to an aromatic ring is 1. The number of nitrogens with zero attached hydrogens (tertiary/aromatic N) is 4. The number of anilines is 1. The maximum Gasteiger partial charge on any atom is 0.196 e. The second kappa shape index (κ2) is 3.40. The van der Waals surface area contributed by atoms with Crippen LogP contribution in [0.5, 0.6) is 0 Å². The molecule has 6 heteroatoms. The summed E-state index contributed by atoms with van der Waals surface area (Å²) in [6, 6.07) is 0. The lowest BCUT2D eigenvalue weighted by molar-refractivity contribution is 0.117. The second-order valence-corrected chi connectivity index (χ2v) is 4.91. The number of imidazole rings is 1. The fourth-order valence-electron chi connectivity index (χ4n) is 2.50. The number of ether oxygens (including phenoxy) is 1. The van der Waals surface area contributed by atoms with Gasteiger partial charge in [0.05, 0.1) is 24.6 Å². The maximum atomic E-state index is 5.77. The van der Waals surface area contributed by atoms with E-state index in [9.17, 15) is 0 Å². The Morgan fingerprint density at radius 1 is 1.53 bits per heavy atom. The first-order chi connectivity index (χ1) is 8.10. The Balaban J connectivity index is 2.15. The summed E-state index contributed by atoms with van der Waals surface area (Å²) >= 11 is 0. The van der Waals surface area contributed by atoms with Gasteiger partial charge in [-0.15, -0.1) is 0 Å². The molecule has 3 rings (SSSR count). The predicted octanol–water partition coefficient (Wildman–Crippen LogP) is 0.773. The van der Waals surface area contributed by atoms with Crippen molar-refractivity contribution in [2.45, 2.75) is 31.8 Å². The molecule has 2 aromatic heterocycles. The number of rotatable bonds is 1. The standard InChI is InChI=1S/C11H15N5O/c1-7-3-11(2,5-17-7)8-4-13-10-9(12)14-6-15-16(8)10/h4,6-7H,3,5H2,1-2H3,(H2,12,14,15). The fourth-order valence-corrected chi connectivity index (χ4v) is 2.50. The van der Waals surface area contributed by atoms with Gasteiger partial charge in [-0.25, -0.2) is 14.5 Å². The Morgan fingerprint density at radius 3 is 3.06 bits per heavy atom. The van der Waals surface area contributed by atoms with Crippen molar-refractivity contribution in [1.82, 2.24) is 19.6 Å². The van der Waals surface area contributed by atoms with Gasteiger partial charge in [0, 0.05) is 5.41 Å². The van der Waals surface area contributed by atoms with E-state index in [1.807, 2.05) is 6.20 Å². The molecule has 17 heavy (non-hydrogen) atoms. The zero-order chi connectivity index (χ0) is 12.0. The third kappa shape index (κ3) is 1.48. The van der Waals surface area contributed by atoms with E-state index in [1.165, 1.54) is 6.33 Å². The first-order valence-electron chi connectivity index (χ1n) is 5.66. The molecule has 90 valence electrons. The number of fused-ring (bicyclic) bond motifs is 1. The minimum absolute atomic E-state index is 0.0559. The Morgan fingerprint density at radius 2 is 2.35 bits per heavy atom. The van der Waals surface area contributed by atoms with Crippen LogP contribution in [0.3, 0.4) is 0 Å². The number of hydrogen-bond donors (Lipinski definition) is 1. The van der Waals surface area contributed by atoms with E-state index in [0.29, 0.717) is 18.1 Å². The molecular weight excluding hydrogens is 218 g/mol. The molecule has 0 radical (unpaired) electrons. The van der Waals surface area contributed by atoms with Crippen LogP contribution in [-0.2, 0) is 10.2 Å². The summed E-state index contributed by atoms with van der Waals surface area (Å²) in [6.45, 7) is 4.93. The van der Waals surface area contributed by atoms with Crippen LogP contribution in [-0.4, -0.2) is 32.3 Å². The van der Waals surface area contributed by atoms with Gasteiger partial charge >= 0.3 is 0 Å². The summed E-state index contributed by atoms with van der Waals surface area (Å²) in [5, 5.41) is 4.22. The Bertz CT molecular complexity index is 566. The molecule has 1 fully saturated rings. The minimum Gasteiger partial charge on any atom is -0.381 e. The van der Waals surface area contributed by atoms with Crippen molar-refractivity contribution in [2.75, 3.05) is 12.3 Å². The monoisotopic (exact) mass is 233 g/mol. The van der Waals surface area contributed by atoms with Gasteiger partial charge in [-0.2, -0.15) is 5.10 Å². The Kier molecular flexibility index (Phi) is 2.09. The average molecular weight is 233 g/mol. The van der Waals surface area contributed by atoms with Crippen molar-refractivity contribution in [2.24, 2.45) is 0 Å². The molecule has 1 aliphatic heterocycles. The Labute approximate surface area is 98.8 Å². The third-order valence-corrected chi connectivity index (χ3v) is 3.37. The van der Waals surface area contributed by atoms with E-state index >= 15 is 0 Å². The highest BCUT2D eigenvalue weighted by atomic mass is 16.5. The molecule has 1 saturated heterocycles. The van der Waals surface area contributed by atoms with Crippen LogP contribution in [0.15, 0.2) is 12.5 Å². The minimum atomic E-state index is -0.0559. The van der Waals surface area contributed by atoms with E-state index in [-0.39, 0.29) is 11.5 Å². The molecule has 1 aliphatic rings. The highest BCUT2D eigenvalue weighted by Gasteiger charge is 2.38. The van der Waals surface area contributed by atoms with Crippen LogP contribution < -0.4 is 5.73 Å². The van der Waals surface area contributed by atoms with Gasteiger partial charge in [0.15, 0.2) is 11.5 Å². The van der Waals surface area contributed by atoms with E-state index in [4.69, 9.17) is 10.5 Å². The molecule has 0 spiro atoms. The van der Waals surface area contributed by atoms with Gasteiger partial charge in [0.25, 0.3) is 0 Å². The SMILES string of the molecule is CC1CC(C)(c2cnc3c(N)ncnn23)CO1. The largest absolute Gasteiger partial charge is 0.381 e. The zero-order valence-electron chi connectivity index (χ0n) is 9.92. The topological polar surface area (TPSA) is 78.3 Å². The van der Waals surface area contributed by atoms with Crippen LogP contribution in [0.25, 0.3) is 5.65 Å². The van der Waals surface area contributed by atoms with Crippen molar-refractivity contribution in [3.8, 4) is 0 Å². The van der Waals surface area contributed by atoms with Crippen LogP contribution in [0.4, 0.5) is 5.82 Å². The van der Waals surface area contributed by atoms with Gasteiger partial charge in [-0.05, 0) is 13.3 Å². The third-order valence-electron chi connectivity index (χ3n) is 3.37. The lowest BCUT2D eigenvalue weighted by Gasteiger charge is -2.20.